The topological polar surface area (TPSA) is 85.8 Å². The van der Waals surface area contributed by atoms with Crippen molar-refractivity contribution in [2.75, 3.05) is 5.32 Å². The summed E-state index contributed by atoms with van der Waals surface area (Å²) in [6, 6.07) is 11.6. The predicted octanol–water partition coefficient (Wildman–Crippen LogP) is 5.85. The van der Waals surface area contributed by atoms with Crippen molar-refractivity contribution in [3.63, 3.8) is 0 Å². The summed E-state index contributed by atoms with van der Waals surface area (Å²) in [5, 5.41) is 12.4. The van der Waals surface area contributed by atoms with Gasteiger partial charge in [0.1, 0.15) is 6.33 Å². The van der Waals surface area contributed by atoms with Crippen molar-refractivity contribution in [2.24, 2.45) is 0 Å². The van der Waals surface area contributed by atoms with Crippen LogP contribution >= 0.6 is 46.4 Å². The molecule has 11 heteroatoms. The molecule has 2 heterocycles. The van der Waals surface area contributed by atoms with Crippen LogP contribution in [-0.2, 0) is 6.54 Å². The molecule has 0 saturated heterocycles. The highest BCUT2D eigenvalue weighted by Gasteiger charge is 2.17. The second kappa shape index (κ2) is 8.65. The van der Waals surface area contributed by atoms with E-state index in [-0.39, 0.29) is 11.6 Å². The third-order valence-electron chi connectivity index (χ3n) is 4.08. The summed E-state index contributed by atoms with van der Waals surface area (Å²) in [6.45, 7) is 0.296. The number of rotatable bonds is 5. The van der Waals surface area contributed by atoms with E-state index < -0.39 is 5.91 Å². The molecule has 7 nitrogen and oxygen atoms in total. The minimum absolute atomic E-state index is 0.0431. The lowest BCUT2D eigenvalue weighted by molar-refractivity contribution is 0.101. The molecule has 0 aliphatic carbocycles. The maximum Gasteiger partial charge on any atom is 0.280 e. The smallest absolute Gasteiger partial charge is 0.280 e. The van der Waals surface area contributed by atoms with Crippen LogP contribution in [0, 0.1) is 0 Å². The normalized spacial score (nSPS) is 10.9. The van der Waals surface area contributed by atoms with E-state index in [4.69, 9.17) is 50.9 Å². The number of hydrogen-bond donors (Lipinski definition) is 1. The van der Waals surface area contributed by atoms with Crippen molar-refractivity contribution in [3.05, 3.63) is 80.1 Å². The van der Waals surface area contributed by atoms with Gasteiger partial charge in [-0.2, -0.15) is 0 Å². The van der Waals surface area contributed by atoms with Gasteiger partial charge >= 0.3 is 0 Å². The first-order valence-corrected chi connectivity index (χ1v) is 9.98. The molecular formula is C19H11Cl4N5O2. The fourth-order valence-electron chi connectivity index (χ4n) is 2.64. The fourth-order valence-corrected chi connectivity index (χ4v) is 3.66. The molecule has 0 aliphatic rings. The molecule has 0 saturated carbocycles. The zero-order valence-corrected chi connectivity index (χ0v) is 18.0. The third kappa shape index (κ3) is 4.44. The van der Waals surface area contributed by atoms with E-state index in [0.717, 1.165) is 0 Å². The molecule has 1 amide bonds. The predicted molar refractivity (Wildman–Crippen MR) is 115 cm³/mol. The molecule has 0 unspecified atom stereocenters. The number of aromatic nitrogens is 4. The summed E-state index contributed by atoms with van der Waals surface area (Å²) in [5.74, 6) is -0.116. The number of halogens is 4. The quantitative estimate of drug-likeness (QED) is 0.385. The zero-order valence-electron chi connectivity index (χ0n) is 14.9. The Kier molecular flexibility index (Phi) is 5.97. The van der Waals surface area contributed by atoms with E-state index >= 15 is 0 Å². The Bertz CT molecular complexity index is 1220. The molecule has 2 aromatic heterocycles. The Balaban J connectivity index is 1.47. The molecule has 2 aromatic carbocycles. The van der Waals surface area contributed by atoms with E-state index in [1.165, 1.54) is 17.1 Å². The van der Waals surface area contributed by atoms with E-state index in [9.17, 15) is 4.79 Å². The summed E-state index contributed by atoms with van der Waals surface area (Å²) in [4.78, 5) is 16.5. The van der Waals surface area contributed by atoms with Gasteiger partial charge in [0, 0.05) is 32.3 Å². The number of hydrogen-bond acceptors (Lipinski definition) is 5. The summed E-state index contributed by atoms with van der Waals surface area (Å²) >= 11 is 24.4. The van der Waals surface area contributed by atoms with Crippen LogP contribution in [0.3, 0.4) is 0 Å². The lowest BCUT2D eigenvalue weighted by Crippen LogP contribution is -2.13. The van der Waals surface area contributed by atoms with Crippen LogP contribution in [0.15, 0.2) is 53.3 Å². The molecule has 152 valence electrons. The van der Waals surface area contributed by atoms with Gasteiger partial charge in [-0.25, -0.2) is 9.67 Å². The van der Waals surface area contributed by atoms with Crippen LogP contribution in [0.5, 0.6) is 0 Å². The molecule has 0 spiro atoms. The molecule has 1 N–H and O–H groups in total. The van der Waals surface area contributed by atoms with Crippen molar-refractivity contribution < 1.29 is 9.32 Å². The SMILES string of the molecule is O=C(Nc1ncn(Cc2c(Cl)cccc2Cl)n1)c1cc(-c2ccc(Cl)cc2Cl)on1. The van der Waals surface area contributed by atoms with Gasteiger partial charge in [0.15, 0.2) is 11.5 Å². The second-order valence-electron chi connectivity index (χ2n) is 6.12. The van der Waals surface area contributed by atoms with Gasteiger partial charge in [-0.15, -0.1) is 5.10 Å². The first-order chi connectivity index (χ1) is 14.4. The summed E-state index contributed by atoms with van der Waals surface area (Å²) in [5.41, 5.74) is 1.30. The van der Waals surface area contributed by atoms with Crippen LogP contribution < -0.4 is 5.32 Å². The lowest BCUT2D eigenvalue weighted by Gasteiger charge is -2.06. The van der Waals surface area contributed by atoms with Crippen LogP contribution in [-0.4, -0.2) is 25.8 Å². The average molecular weight is 483 g/mol. The number of amides is 1. The summed E-state index contributed by atoms with van der Waals surface area (Å²) < 4.78 is 6.73. The van der Waals surface area contributed by atoms with Crippen LogP contribution in [0.4, 0.5) is 5.95 Å². The zero-order chi connectivity index (χ0) is 21.3. The number of carbonyl (C=O) groups is 1. The largest absolute Gasteiger partial charge is 0.355 e. The molecule has 0 atom stereocenters. The highest BCUT2D eigenvalue weighted by molar-refractivity contribution is 6.36. The monoisotopic (exact) mass is 481 g/mol. The van der Waals surface area contributed by atoms with Crippen molar-refractivity contribution in [2.45, 2.75) is 6.54 Å². The van der Waals surface area contributed by atoms with E-state index in [2.05, 4.69) is 20.6 Å². The van der Waals surface area contributed by atoms with Gasteiger partial charge in [0.25, 0.3) is 5.91 Å². The molecule has 0 bridgehead atoms. The molecule has 4 aromatic rings. The van der Waals surface area contributed by atoms with Crippen LogP contribution in [0.25, 0.3) is 11.3 Å². The van der Waals surface area contributed by atoms with E-state index in [1.54, 1.807) is 36.4 Å². The van der Waals surface area contributed by atoms with Crippen molar-refractivity contribution in [1.82, 2.24) is 19.9 Å². The van der Waals surface area contributed by atoms with Crippen molar-refractivity contribution >= 4 is 58.3 Å². The van der Waals surface area contributed by atoms with Crippen LogP contribution in [0.2, 0.25) is 20.1 Å². The maximum absolute atomic E-state index is 12.5. The third-order valence-corrected chi connectivity index (χ3v) is 5.34. The first kappa shape index (κ1) is 20.7. The number of nitrogens with one attached hydrogen (secondary N) is 1. The number of benzene rings is 2. The van der Waals surface area contributed by atoms with Gasteiger partial charge in [0.2, 0.25) is 5.95 Å². The Hall–Kier alpha value is -2.58. The van der Waals surface area contributed by atoms with Gasteiger partial charge in [-0.05, 0) is 30.3 Å². The minimum atomic E-state index is -0.538. The van der Waals surface area contributed by atoms with Crippen molar-refractivity contribution in [1.29, 1.82) is 0 Å². The van der Waals surface area contributed by atoms with Gasteiger partial charge in [-0.1, -0.05) is 57.6 Å². The Morgan fingerprint density at radius 2 is 1.80 bits per heavy atom. The van der Waals surface area contributed by atoms with Crippen molar-refractivity contribution in [3.8, 4) is 11.3 Å². The van der Waals surface area contributed by atoms with E-state index in [1.807, 2.05) is 0 Å². The van der Waals surface area contributed by atoms with Crippen LogP contribution in [0.1, 0.15) is 16.1 Å². The highest BCUT2D eigenvalue weighted by atomic mass is 35.5. The highest BCUT2D eigenvalue weighted by Crippen LogP contribution is 2.31. The number of nitrogens with zero attached hydrogens (tertiary/aromatic N) is 4. The summed E-state index contributed by atoms with van der Waals surface area (Å²) in [7, 11) is 0. The average Bonchev–Trinajstić information content (AvgIpc) is 3.35. The fraction of sp³-hybridized carbons (Fsp3) is 0.0526. The lowest BCUT2D eigenvalue weighted by atomic mass is 10.1. The molecule has 0 radical (unpaired) electrons. The Labute approximate surface area is 190 Å². The Morgan fingerprint density at radius 1 is 1.03 bits per heavy atom. The molecule has 4 rings (SSSR count). The van der Waals surface area contributed by atoms with Gasteiger partial charge < -0.3 is 4.52 Å². The maximum atomic E-state index is 12.5. The minimum Gasteiger partial charge on any atom is -0.355 e. The second-order valence-corrected chi connectivity index (χ2v) is 7.78. The standard InChI is InChI=1S/C19H11Cl4N5O2/c20-10-4-5-11(15(23)6-10)17-7-16(27-30-17)18(29)25-19-24-9-28(26-19)8-12-13(21)2-1-3-14(12)22/h1-7,9H,8H2,(H,25,26,29). The number of anilines is 1. The summed E-state index contributed by atoms with van der Waals surface area (Å²) in [6.07, 6.45) is 1.46. The molecule has 0 aliphatic heterocycles. The molecular weight excluding hydrogens is 472 g/mol. The Morgan fingerprint density at radius 3 is 2.53 bits per heavy atom. The first-order valence-electron chi connectivity index (χ1n) is 8.46. The molecule has 0 fully saturated rings. The molecule has 30 heavy (non-hydrogen) atoms. The van der Waals surface area contributed by atoms with Gasteiger partial charge in [0.05, 0.1) is 11.6 Å². The number of carbonyl (C=O) groups excluding carboxylic acids is 1. The van der Waals surface area contributed by atoms with E-state index in [0.29, 0.717) is 43.5 Å². The van der Waals surface area contributed by atoms with Gasteiger partial charge in [-0.3, -0.25) is 10.1 Å².